The summed E-state index contributed by atoms with van der Waals surface area (Å²) < 4.78 is 5.53. The molecular weight excluding hydrogens is 188 g/mol. The Labute approximate surface area is 90.9 Å². The fraction of sp³-hybridized carbons (Fsp3) is 0.417. The van der Waals surface area contributed by atoms with Gasteiger partial charge in [-0.1, -0.05) is 6.92 Å². The molecule has 0 saturated carbocycles. The minimum atomic E-state index is 0.660. The van der Waals surface area contributed by atoms with E-state index in [2.05, 4.69) is 24.9 Å². The molecule has 0 aromatic heterocycles. The van der Waals surface area contributed by atoms with Crippen LogP contribution in [-0.4, -0.2) is 31.6 Å². The summed E-state index contributed by atoms with van der Waals surface area (Å²) >= 11 is 0. The molecule has 0 spiro atoms. The van der Waals surface area contributed by atoms with Gasteiger partial charge in [-0.05, 0) is 37.9 Å². The van der Waals surface area contributed by atoms with E-state index < -0.39 is 0 Å². The normalized spacial score (nSPS) is 10.0. The Morgan fingerprint density at radius 1 is 1.33 bits per heavy atom. The van der Waals surface area contributed by atoms with Gasteiger partial charge in [-0.2, -0.15) is 5.26 Å². The Bertz CT molecular complexity index is 326. The highest BCUT2D eigenvalue weighted by atomic mass is 16.5. The standard InChI is InChI=1S/C12H16N2O/c1-3-14(2)8-9-15-12-6-4-11(10-13)5-7-12/h4-7H,3,8-9H2,1-2H3. The number of hydrogen-bond donors (Lipinski definition) is 0. The van der Waals surface area contributed by atoms with Crippen molar-refractivity contribution in [3.05, 3.63) is 29.8 Å². The van der Waals surface area contributed by atoms with Crippen LogP contribution >= 0.6 is 0 Å². The zero-order valence-electron chi connectivity index (χ0n) is 9.23. The fourth-order valence-corrected chi connectivity index (χ4v) is 1.10. The van der Waals surface area contributed by atoms with Gasteiger partial charge in [-0.25, -0.2) is 0 Å². The van der Waals surface area contributed by atoms with Crippen LogP contribution in [-0.2, 0) is 0 Å². The SMILES string of the molecule is CCN(C)CCOc1ccc(C#N)cc1. The summed E-state index contributed by atoms with van der Waals surface area (Å²) in [7, 11) is 2.06. The number of nitrogens with zero attached hydrogens (tertiary/aromatic N) is 2. The van der Waals surface area contributed by atoms with Crippen molar-refractivity contribution in [3.8, 4) is 11.8 Å². The van der Waals surface area contributed by atoms with Gasteiger partial charge in [0.2, 0.25) is 0 Å². The summed E-state index contributed by atoms with van der Waals surface area (Å²) in [6, 6.07) is 9.25. The Morgan fingerprint density at radius 2 is 2.00 bits per heavy atom. The van der Waals surface area contributed by atoms with Crippen LogP contribution in [0.4, 0.5) is 0 Å². The number of ether oxygens (including phenoxy) is 1. The van der Waals surface area contributed by atoms with Crippen LogP contribution in [0.15, 0.2) is 24.3 Å². The zero-order valence-corrected chi connectivity index (χ0v) is 9.23. The van der Waals surface area contributed by atoms with Crippen LogP contribution in [0.1, 0.15) is 12.5 Å². The van der Waals surface area contributed by atoms with E-state index in [0.29, 0.717) is 12.2 Å². The number of likely N-dealkylation sites (N-methyl/N-ethyl adjacent to an activating group) is 1. The third-order valence-electron chi connectivity index (χ3n) is 2.26. The number of nitriles is 1. The van der Waals surface area contributed by atoms with Crippen molar-refractivity contribution in [3.63, 3.8) is 0 Å². The first-order valence-electron chi connectivity index (χ1n) is 5.07. The molecule has 0 radical (unpaired) electrons. The molecule has 0 unspecified atom stereocenters. The van der Waals surface area contributed by atoms with E-state index in [0.717, 1.165) is 18.8 Å². The lowest BCUT2D eigenvalue weighted by Crippen LogP contribution is -2.23. The van der Waals surface area contributed by atoms with E-state index in [9.17, 15) is 0 Å². The van der Waals surface area contributed by atoms with Crippen molar-refractivity contribution in [2.24, 2.45) is 0 Å². The second kappa shape index (κ2) is 6.05. The molecule has 3 nitrogen and oxygen atoms in total. The molecule has 0 N–H and O–H groups in total. The van der Waals surface area contributed by atoms with Gasteiger partial charge < -0.3 is 9.64 Å². The molecule has 1 aromatic carbocycles. The monoisotopic (exact) mass is 204 g/mol. The quantitative estimate of drug-likeness (QED) is 0.734. The molecule has 0 bridgehead atoms. The average molecular weight is 204 g/mol. The molecule has 1 rings (SSSR count). The van der Waals surface area contributed by atoms with Crippen molar-refractivity contribution < 1.29 is 4.74 Å². The molecule has 15 heavy (non-hydrogen) atoms. The molecule has 0 amide bonds. The molecule has 1 aromatic rings. The highest BCUT2D eigenvalue weighted by molar-refractivity contribution is 5.34. The lowest BCUT2D eigenvalue weighted by atomic mass is 10.2. The number of rotatable bonds is 5. The summed E-state index contributed by atoms with van der Waals surface area (Å²) in [5.74, 6) is 0.818. The molecule has 0 aliphatic carbocycles. The maximum Gasteiger partial charge on any atom is 0.119 e. The van der Waals surface area contributed by atoms with Crippen LogP contribution in [0.5, 0.6) is 5.75 Å². The van der Waals surface area contributed by atoms with Crippen LogP contribution in [0.2, 0.25) is 0 Å². The van der Waals surface area contributed by atoms with Crippen molar-refractivity contribution in [1.29, 1.82) is 5.26 Å². The van der Waals surface area contributed by atoms with Crippen molar-refractivity contribution >= 4 is 0 Å². The third-order valence-corrected chi connectivity index (χ3v) is 2.26. The summed E-state index contributed by atoms with van der Waals surface area (Å²) in [5, 5.41) is 8.61. The minimum absolute atomic E-state index is 0.660. The smallest absolute Gasteiger partial charge is 0.119 e. The lowest BCUT2D eigenvalue weighted by molar-refractivity contribution is 0.244. The van der Waals surface area contributed by atoms with Gasteiger partial charge >= 0.3 is 0 Å². The predicted molar refractivity (Wildman–Crippen MR) is 59.8 cm³/mol. The summed E-state index contributed by atoms with van der Waals surface area (Å²) in [6.45, 7) is 4.73. The summed E-state index contributed by atoms with van der Waals surface area (Å²) in [5.41, 5.74) is 0.660. The van der Waals surface area contributed by atoms with Gasteiger partial charge in [0, 0.05) is 6.54 Å². The first-order valence-corrected chi connectivity index (χ1v) is 5.07. The largest absolute Gasteiger partial charge is 0.492 e. The lowest BCUT2D eigenvalue weighted by Gasteiger charge is -2.14. The van der Waals surface area contributed by atoms with Gasteiger partial charge in [-0.15, -0.1) is 0 Å². The Hall–Kier alpha value is -1.53. The number of hydrogen-bond acceptors (Lipinski definition) is 3. The third kappa shape index (κ3) is 4.01. The maximum absolute atomic E-state index is 8.61. The molecule has 0 aliphatic rings. The van der Waals surface area contributed by atoms with Crippen molar-refractivity contribution in [2.45, 2.75) is 6.92 Å². The van der Waals surface area contributed by atoms with Gasteiger partial charge in [-0.3, -0.25) is 0 Å². The predicted octanol–water partition coefficient (Wildman–Crippen LogP) is 1.89. The van der Waals surface area contributed by atoms with Crippen LogP contribution < -0.4 is 4.74 Å². The molecule has 0 aliphatic heterocycles. The van der Waals surface area contributed by atoms with E-state index in [1.807, 2.05) is 12.1 Å². The number of benzene rings is 1. The van der Waals surface area contributed by atoms with Crippen LogP contribution in [0.25, 0.3) is 0 Å². The molecule has 0 saturated heterocycles. The topological polar surface area (TPSA) is 36.3 Å². The molecule has 0 atom stereocenters. The molecule has 3 heteroatoms. The summed E-state index contributed by atoms with van der Waals surface area (Å²) in [6.07, 6.45) is 0. The van der Waals surface area contributed by atoms with Crippen LogP contribution in [0, 0.1) is 11.3 Å². The van der Waals surface area contributed by atoms with E-state index in [4.69, 9.17) is 10.00 Å². The first kappa shape index (κ1) is 11.5. The highest BCUT2D eigenvalue weighted by Crippen LogP contribution is 2.11. The zero-order chi connectivity index (χ0) is 11.1. The van der Waals surface area contributed by atoms with E-state index in [1.54, 1.807) is 12.1 Å². The van der Waals surface area contributed by atoms with Gasteiger partial charge in [0.15, 0.2) is 0 Å². The van der Waals surface area contributed by atoms with E-state index in [1.165, 1.54) is 0 Å². The summed E-state index contributed by atoms with van der Waals surface area (Å²) in [4.78, 5) is 2.18. The highest BCUT2D eigenvalue weighted by Gasteiger charge is 1.96. The van der Waals surface area contributed by atoms with Gasteiger partial charge in [0.05, 0.1) is 11.6 Å². The minimum Gasteiger partial charge on any atom is -0.492 e. The molecule has 0 heterocycles. The van der Waals surface area contributed by atoms with E-state index >= 15 is 0 Å². The van der Waals surface area contributed by atoms with Gasteiger partial charge in [0.25, 0.3) is 0 Å². The van der Waals surface area contributed by atoms with Crippen LogP contribution in [0.3, 0.4) is 0 Å². The molecular formula is C12H16N2O. The second-order valence-corrected chi connectivity index (χ2v) is 3.38. The van der Waals surface area contributed by atoms with E-state index in [-0.39, 0.29) is 0 Å². The van der Waals surface area contributed by atoms with Gasteiger partial charge in [0.1, 0.15) is 12.4 Å². The van der Waals surface area contributed by atoms with Crippen molar-refractivity contribution in [1.82, 2.24) is 4.90 Å². The Morgan fingerprint density at radius 3 is 2.53 bits per heavy atom. The fourth-order valence-electron chi connectivity index (χ4n) is 1.10. The average Bonchev–Trinajstić information content (AvgIpc) is 2.29. The van der Waals surface area contributed by atoms with Crippen molar-refractivity contribution in [2.75, 3.05) is 26.7 Å². The second-order valence-electron chi connectivity index (χ2n) is 3.38. The Kier molecular flexibility index (Phi) is 4.65. The maximum atomic E-state index is 8.61. The molecule has 80 valence electrons. The molecule has 0 fully saturated rings. The Balaban J connectivity index is 2.35. The first-order chi connectivity index (χ1) is 7.26.